The van der Waals surface area contributed by atoms with E-state index in [4.69, 9.17) is 9.90 Å². The molecule has 0 saturated carbocycles. The fourth-order valence-corrected chi connectivity index (χ4v) is 3.54. The number of fused-ring (bicyclic) bond motifs is 1. The van der Waals surface area contributed by atoms with Gasteiger partial charge in [0.2, 0.25) is 5.91 Å². The van der Waals surface area contributed by atoms with Gasteiger partial charge in [-0.2, -0.15) is 13.2 Å². The van der Waals surface area contributed by atoms with E-state index in [1.807, 2.05) is 23.2 Å². The summed E-state index contributed by atoms with van der Waals surface area (Å²) in [6.45, 7) is 6.45. The Morgan fingerprint density at radius 2 is 2.07 bits per heavy atom. The van der Waals surface area contributed by atoms with E-state index < -0.39 is 12.1 Å². The average Bonchev–Trinajstić information content (AvgIpc) is 3.01. The van der Waals surface area contributed by atoms with Gasteiger partial charge in [0.05, 0.1) is 0 Å². The summed E-state index contributed by atoms with van der Waals surface area (Å²) in [4.78, 5) is 29.6. The van der Waals surface area contributed by atoms with Gasteiger partial charge in [-0.25, -0.2) is 4.79 Å². The van der Waals surface area contributed by atoms with E-state index >= 15 is 0 Å². The van der Waals surface area contributed by atoms with Gasteiger partial charge in [0, 0.05) is 50.5 Å². The average molecular weight is 385 g/mol. The molecule has 0 spiro atoms. The summed E-state index contributed by atoms with van der Waals surface area (Å²) in [6, 6.07) is 4.96. The van der Waals surface area contributed by atoms with Crippen molar-refractivity contribution in [3.63, 3.8) is 0 Å². The van der Waals surface area contributed by atoms with E-state index in [0.29, 0.717) is 25.0 Å². The number of aromatic nitrogens is 1. The maximum Gasteiger partial charge on any atom is 0.490 e. The van der Waals surface area contributed by atoms with Crippen molar-refractivity contribution in [2.75, 3.05) is 13.1 Å². The van der Waals surface area contributed by atoms with Crippen LogP contribution in [0.3, 0.4) is 0 Å². The van der Waals surface area contributed by atoms with Gasteiger partial charge in [-0.05, 0) is 24.5 Å². The number of pyridine rings is 1. The molecule has 3 rings (SSSR count). The molecule has 0 bridgehead atoms. The molecule has 0 aromatic carbocycles. The number of likely N-dealkylation sites (tertiary alicyclic amines) is 2. The van der Waals surface area contributed by atoms with Crippen molar-refractivity contribution in [2.45, 2.75) is 44.1 Å². The highest BCUT2D eigenvalue weighted by molar-refractivity contribution is 5.78. The Morgan fingerprint density at radius 1 is 1.37 bits per heavy atom. The van der Waals surface area contributed by atoms with Crippen LogP contribution in [0.2, 0.25) is 0 Å². The minimum absolute atomic E-state index is 0.286. The van der Waals surface area contributed by atoms with Crippen LogP contribution in [0.5, 0.6) is 0 Å². The van der Waals surface area contributed by atoms with Crippen molar-refractivity contribution in [1.82, 2.24) is 14.8 Å². The van der Waals surface area contributed by atoms with Crippen LogP contribution in [-0.2, 0) is 16.1 Å². The van der Waals surface area contributed by atoms with Crippen LogP contribution in [-0.4, -0.2) is 63.1 Å². The molecule has 1 N–H and O–H groups in total. The molecule has 2 fully saturated rings. The predicted molar refractivity (Wildman–Crippen MR) is 91.7 cm³/mol. The second-order valence-electron chi connectivity index (χ2n) is 6.43. The highest BCUT2D eigenvalue weighted by Crippen LogP contribution is 2.32. The standard InChI is InChI=1S/C16H21N3O.C2HF3O2/c1-2-9-19-15-7-10-18(14(15)5-6-16(19)20)12-13-4-3-8-17-11-13;3-2(4,5)1(6)7/h2-4,8,11,14-15H,1,5-7,9-10,12H2;(H,6,7)/t14-,15-;/m1./s1. The van der Waals surface area contributed by atoms with Crippen molar-refractivity contribution in [1.29, 1.82) is 0 Å². The zero-order valence-corrected chi connectivity index (χ0v) is 14.7. The van der Waals surface area contributed by atoms with Crippen LogP contribution in [0, 0.1) is 0 Å². The highest BCUT2D eigenvalue weighted by Gasteiger charge is 2.42. The van der Waals surface area contributed by atoms with Gasteiger partial charge >= 0.3 is 12.1 Å². The molecule has 2 atom stereocenters. The molecule has 1 amide bonds. The van der Waals surface area contributed by atoms with Crippen LogP contribution in [0.15, 0.2) is 37.2 Å². The fourth-order valence-electron chi connectivity index (χ4n) is 3.54. The van der Waals surface area contributed by atoms with E-state index in [1.54, 1.807) is 6.20 Å². The Labute approximate surface area is 155 Å². The highest BCUT2D eigenvalue weighted by atomic mass is 19.4. The van der Waals surface area contributed by atoms with Gasteiger partial charge in [0.25, 0.3) is 0 Å². The van der Waals surface area contributed by atoms with Crippen molar-refractivity contribution < 1.29 is 27.9 Å². The van der Waals surface area contributed by atoms with Gasteiger partial charge in [-0.3, -0.25) is 14.7 Å². The maximum absolute atomic E-state index is 12.0. The summed E-state index contributed by atoms with van der Waals surface area (Å²) in [5, 5.41) is 7.12. The summed E-state index contributed by atoms with van der Waals surface area (Å²) < 4.78 is 31.7. The number of carboxylic acids is 1. The van der Waals surface area contributed by atoms with E-state index in [1.165, 1.54) is 5.56 Å². The van der Waals surface area contributed by atoms with Gasteiger partial charge in [-0.15, -0.1) is 6.58 Å². The zero-order chi connectivity index (χ0) is 20.0. The molecule has 27 heavy (non-hydrogen) atoms. The van der Waals surface area contributed by atoms with E-state index in [2.05, 4.69) is 22.5 Å². The van der Waals surface area contributed by atoms with Gasteiger partial charge in [-0.1, -0.05) is 12.1 Å². The Hall–Kier alpha value is -2.42. The van der Waals surface area contributed by atoms with E-state index in [9.17, 15) is 18.0 Å². The first kappa shape index (κ1) is 20.9. The number of amides is 1. The third-order valence-electron chi connectivity index (χ3n) is 4.68. The maximum atomic E-state index is 12.0. The van der Waals surface area contributed by atoms with Crippen LogP contribution in [0.1, 0.15) is 24.8 Å². The van der Waals surface area contributed by atoms with Crippen LogP contribution in [0.4, 0.5) is 13.2 Å². The quantitative estimate of drug-likeness (QED) is 0.806. The van der Waals surface area contributed by atoms with E-state index in [-0.39, 0.29) is 5.91 Å². The molecule has 2 saturated heterocycles. The summed E-state index contributed by atoms with van der Waals surface area (Å²) in [5.74, 6) is -2.47. The first-order chi connectivity index (χ1) is 12.7. The molecule has 9 heteroatoms. The number of halogens is 3. The molecule has 6 nitrogen and oxygen atoms in total. The minimum Gasteiger partial charge on any atom is -0.475 e. The molecule has 148 valence electrons. The number of carbonyl (C=O) groups excluding carboxylic acids is 1. The Morgan fingerprint density at radius 3 is 2.63 bits per heavy atom. The van der Waals surface area contributed by atoms with Crippen LogP contribution in [0.25, 0.3) is 0 Å². The third-order valence-corrected chi connectivity index (χ3v) is 4.68. The number of hydrogen-bond acceptors (Lipinski definition) is 4. The lowest BCUT2D eigenvalue weighted by Gasteiger charge is -2.39. The minimum atomic E-state index is -5.08. The van der Waals surface area contributed by atoms with Gasteiger partial charge in [0.15, 0.2) is 0 Å². The van der Waals surface area contributed by atoms with Crippen LogP contribution >= 0.6 is 0 Å². The first-order valence-electron chi connectivity index (χ1n) is 8.57. The Balaban J connectivity index is 0.000000321. The smallest absolute Gasteiger partial charge is 0.475 e. The van der Waals surface area contributed by atoms with E-state index in [0.717, 1.165) is 25.9 Å². The second-order valence-corrected chi connectivity index (χ2v) is 6.43. The molecule has 3 heterocycles. The zero-order valence-electron chi connectivity index (χ0n) is 14.7. The summed E-state index contributed by atoms with van der Waals surface area (Å²) in [7, 11) is 0. The largest absolute Gasteiger partial charge is 0.490 e. The summed E-state index contributed by atoms with van der Waals surface area (Å²) in [5.41, 5.74) is 1.25. The second kappa shape index (κ2) is 8.98. The number of hydrogen-bond donors (Lipinski definition) is 1. The van der Waals surface area contributed by atoms with Crippen molar-refractivity contribution >= 4 is 11.9 Å². The van der Waals surface area contributed by atoms with Crippen molar-refractivity contribution in [3.8, 4) is 0 Å². The molecule has 0 radical (unpaired) electrons. The molecular formula is C18H22F3N3O3. The molecule has 0 aliphatic carbocycles. The molecule has 2 aliphatic rings. The SMILES string of the molecule is C=CCN1C(=O)CC[C@@H]2[C@H]1CCN2Cc1cccnc1.O=C(O)C(F)(F)F. The molecule has 2 aliphatic heterocycles. The topological polar surface area (TPSA) is 73.7 Å². The van der Waals surface area contributed by atoms with Gasteiger partial charge < -0.3 is 10.0 Å². The number of aliphatic carboxylic acids is 1. The lowest BCUT2D eigenvalue weighted by Crippen LogP contribution is -2.52. The molecular weight excluding hydrogens is 363 g/mol. The van der Waals surface area contributed by atoms with Gasteiger partial charge in [0.1, 0.15) is 0 Å². The normalized spacial score (nSPS) is 22.6. The number of carbonyl (C=O) groups is 2. The molecule has 1 aromatic heterocycles. The Kier molecular flexibility index (Phi) is 6.95. The lowest BCUT2D eigenvalue weighted by molar-refractivity contribution is -0.192. The number of piperidine rings is 1. The fraction of sp³-hybridized carbons (Fsp3) is 0.500. The summed E-state index contributed by atoms with van der Waals surface area (Å²) >= 11 is 0. The molecule has 1 aromatic rings. The van der Waals surface area contributed by atoms with Crippen molar-refractivity contribution in [3.05, 3.63) is 42.7 Å². The summed E-state index contributed by atoms with van der Waals surface area (Å²) in [6.07, 6.45) is 3.22. The van der Waals surface area contributed by atoms with Crippen LogP contribution < -0.4 is 0 Å². The third kappa shape index (κ3) is 5.53. The number of rotatable bonds is 4. The number of nitrogens with zero attached hydrogens (tertiary/aromatic N) is 3. The van der Waals surface area contributed by atoms with Crippen molar-refractivity contribution in [2.24, 2.45) is 0 Å². The predicted octanol–water partition coefficient (Wildman–Crippen LogP) is 2.47. The monoisotopic (exact) mass is 385 g/mol. The Bertz CT molecular complexity index is 667. The molecule has 0 unspecified atom stereocenters. The first-order valence-corrected chi connectivity index (χ1v) is 8.57. The number of carboxylic acid groups (broad SMARTS) is 1. The lowest BCUT2D eigenvalue weighted by atomic mass is 9.96. The number of alkyl halides is 3.